The minimum atomic E-state index is 0.443. The molecule has 1 N–H and O–H groups in total. The van der Waals surface area contributed by atoms with Crippen molar-refractivity contribution in [1.29, 1.82) is 0 Å². The number of benzene rings is 2. The summed E-state index contributed by atoms with van der Waals surface area (Å²) in [5.74, 6) is 1.46. The fourth-order valence-electron chi connectivity index (χ4n) is 2.39. The van der Waals surface area contributed by atoms with Crippen LogP contribution in [0.5, 0.6) is 11.5 Å². The summed E-state index contributed by atoms with van der Waals surface area (Å²) < 4.78 is 12.3. The molecule has 2 aromatic rings. The fraction of sp³-hybridized carbons (Fsp3) is 0.300. The molecular formula is C20H24BrNO2. The minimum absolute atomic E-state index is 0.443. The molecule has 128 valence electrons. The van der Waals surface area contributed by atoms with Crippen LogP contribution in [0, 0.1) is 13.8 Å². The molecule has 0 spiro atoms. The molecule has 24 heavy (non-hydrogen) atoms. The first-order valence-corrected chi connectivity index (χ1v) is 8.84. The van der Waals surface area contributed by atoms with Crippen LogP contribution in [0.15, 0.2) is 47.5 Å². The summed E-state index contributed by atoms with van der Waals surface area (Å²) in [4.78, 5) is 0. The highest BCUT2D eigenvalue weighted by atomic mass is 79.9. The number of aryl methyl sites for hydroxylation is 2. The van der Waals surface area contributed by atoms with Gasteiger partial charge in [-0.15, -0.1) is 0 Å². The van der Waals surface area contributed by atoms with Gasteiger partial charge in [-0.1, -0.05) is 24.8 Å². The van der Waals surface area contributed by atoms with Crippen LogP contribution >= 0.6 is 15.9 Å². The third-order valence-electron chi connectivity index (χ3n) is 3.59. The zero-order valence-corrected chi connectivity index (χ0v) is 16.1. The van der Waals surface area contributed by atoms with Crippen molar-refractivity contribution in [3.63, 3.8) is 0 Å². The maximum absolute atomic E-state index is 5.73. The number of rotatable bonds is 8. The molecule has 0 amide bonds. The van der Waals surface area contributed by atoms with Crippen LogP contribution in [0.1, 0.15) is 23.6 Å². The van der Waals surface area contributed by atoms with Gasteiger partial charge in [-0.2, -0.15) is 0 Å². The van der Waals surface area contributed by atoms with E-state index in [-0.39, 0.29) is 0 Å². The molecule has 0 atom stereocenters. The van der Waals surface area contributed by atoms with Crippen molar-refractivity contribution >= 4 is 21.6 Å². The standard InChI is InChI=1S/C20H24BrNO2/c1-5-9-24-20-17(21)11-16(12-19(20)23-6-2)13-22-18-10-14(3)7-8-15(18)4/h5,7-8,10-12,22H,1,6,9,13H2,2-4H3. The van der Waals surface area contributed by atoms with Gasteiger partial charge < -0.3 is 14.8 Å². The molecule has 2 rings (SSSR count). The van der Waals surface area contributed by atoms with Gasteiger partial charge in [0.1, 0.15) is 6.61 Å². The van der Waals surface area contributed by atoms with E-state index in [9.17, 15) is 0 Å². The third-order valence-corrected chi connectivity index (χ3v) is 4.18. The van der Waals surface area contributed by atoms with Gasteiger partial charge in [0.2, 0.25) is 0 Å². The van der Waals surface area contributed by atoms with E-state index in [1.165, 1.54) is 11.1 Å². The lowest BCUT2D eigenvalue weighted by atomic mass is 10.1. The Morgan fingerprint density at radius 2 is 1.96 bits per heavy atom. The van der Waals surface area contributed by atoms with E-state index in [0.717, 1.165) is 21.5 Å². The number of ether oxygens (including phenoxy) is 2. The molecule has 0 bridgehead atoms. The summed E-state index contributed by atoms with van der Waals surface area (Å²) >= 11 is 3.58. The second-order valence-electron chi connectivity index (χ2n) is 5.61. The average molecular weight is 390 g/mol. The molecule has 0 heterocycles. The molecule has 0 aliphatic heterocycles. The molecule has 0 radical (unpaired) electrons. The van der Waals surface area contributed by atoms with E-state index in [2.05, 4.69) is 65.9 Å². The van der Waals surface area contributed by atoms with Crippen molar-refractivity contribution in [2.45, 2.75) is 27.3 Å². The quantitative estimate of drug-likeness (QED) is 0.592. The van der Waals surface area contributed by atoms with E-state index < -0.39 is 0 Å². The maximum atomic E-state index is 5.73. The molecule has 4 heteroatoms. The Morgan fingerprint density at radius 3 is 2.67 bits per heavy atom. The van der Waals surface area contributed by atoms with Gasteiger partial charge in [0.25, 0.3) is 0 Å². The summed E-state index contributed by atoms with van der Waals surface area (Å²) in [6, 6.07) is 10.5. The van der Waals surface area contributed by atoms with Crippen LogP contribution in [0.2, 0.25) is 0 Å². The highest BCUT2D eigenvalue weighted by Gasteiger charge is 2.12. The number of nitrogens with one attached hydrogen (secondary N) is 1. The van der Waals surface area contributed by atoms with Gasteiger partial charge >= 0.3 is 0 Å². The SMILES string of the molecule is C=CCOc1c(Br)cc(CNc2cc(C)ccc2C)cc1OCC. The van der Waals surface area contributed by atoms with E-state index in [4.69, 9.17) is 9.47 Å². The summed E-state index contributed by atoms with van der Waals surface area (Å²) in [7, 11) is 0. The van der Waals surface area contributed by atoms with Crippen molar-refractivity contribution in [1.82, 2.24) is 0 Å². The van der Waals surface area contributed by atoms with Crippen LogP contribution in [-0.4, -0.2) is 13.2 Å². The lowest BCUT2D eigenvalue weighted by molar-refractivity contribution is 0.295. The summed E-state index contributed by atoms with van der Waals surface area (Å²) in [5.41, 5.74) is 4.75. The molecule has 0 saturated heterocycles. The minimum Gasteiger partial charge on any atom is -0.490 e. The Bertz CT molecular complexity index is 713. The van der Waals surface area contributed by atoms with Crippen molar-refractivity contribution < 1.29 is 9.47 Å². The smallest absolute Gasteiger partial charge is 0.175 e. The summed E-state index contributed by atoms with van der Waals surface area (Å²) in [6.07, 6.45) is 1.72. The van der Waals surface area contributed by atoms with Gasteiger partial charge in [0.15, 0.2) is 11.5 Å². The van der Waals surface area contributed by atoms with Crippen LogP contribution < -0.4 is 14.8 Å². The molecule has 2 aromatic carbocycles. The lowest BCUT2D eigenvalue weighted by Crippen LogP contribution is -2.04. The topological polar surface area (TPSA) is 30.5 Å². The van der Waals surface area contributed by atoms with Crippen LogP contribution in [0.4, 0.5) is 5.69 Å². The first-order chi connectivity index (χ1) is 11.5. The fourth-order valence-corrected chi connectivity index (χ4v) is 3.00. The lowest BCUT2D eigenvalue weighted by Gasteiger charge is -2.16. The normalized spacial score (nSPS) is 10.3. The zero-order valence-electron chi connectivity index (χ0n) is 14.5. The Balaban J connectivity index is 2.20. The molecule has 0 aromatic heterocycles. The largest absolute Gasteiger partial charge is 0.490 e. The Labute approximate surface area is 152 Å². The molecule has 0 unspecified atom stereocenters. The van der Waals surface area contributed by atoms with Gasteiger partial charge in [-0.3, -0.25) is 0 Å². The summed E-state index contributed by atoms with van der Waals surface area (Å²) in [6.45, 7) is 11.6. The Morgan fingerprint density at radius 1 is 1.17 bits per heavy atom. The van der Waals surface area contributed by atoms with E-state index in [0.29, 0.717) is 25.5 Å². The third kappa shape index (κ3) is 4.78. The Kier molecular flexibility index (Phi) is 6.73. The second kappa shape index (κ2) is 8.78. The van der Waals surface area contributed by atoms with E-state index in [1.54, 1.807) is 6.08 Å². The van der Waals surface area contributed by atoms with Gasteiger partial charge in [0.05, 0.1) is 11.1 Å². The molecule has 0 saturated carbocycles. The predicted octanol–water partition coefficient (Wildman–Crippen LogP) is 5.64. The van der Waals surface area contributed by atoms with E-state index >= 15 is 0 Å². The molecule has 0 aliphatic carbocycles. The van der Waals surface area contributed by atoms with Crippen molar-refractivity contribution in [2.24, 2.45) is 0 Å². The maximum Gasteiger partial charge on any atom is 0.175 e. The first-order valence-electron chi connectivity index (χ1n) is 8.05. The highest BCUT2D eigenvalue weighted by molar-refractivity contribution is 9.10. The molecular weight excluding hydrogens is 366 g/mol. The zero-order chi connectivity index (χ0) is 17.5. The average Bonchev–Trinajstić information content (AvgIpc) is 2.55. The molecule has 0 fully saturated rings. The Hall–Kier alpha value is -1.94. The van der Waals surface area contributed by atoms with Gasteiger partial charge in [0, 0.05) is 12.2 Å². The van der Waals surface area contributed by atoms with Gasteiger partial charge in [-0.25, -0.2) is 0 Å². The van der Waals surface area contributed by atoms with Crippen LogP contribution in [0.3, 0.4) is 0 Å². The van der Waals surface area contributed by atoms with E-state index in [1.807, 2.05) is 13.0 Å². The summed E-state index contributed by atoms with van der Waals surface area (Å²) in [5, 5.41) is 3.50. The van der Waals surface area contributed by atoms with Gasteiger partial charge in [-0.05, 0) is 71.6 Å². The number of hydrogen-bond acceptors (Lipinski definition) is 3. The van der Waals surface area contributed by atoms with Crippen LogP contribution in [0.25, 0.3) is 0 Å². The predicted molar refractivity (Wildman–Crippen MR) is 104 cm³/mol. The number of anilines is 1. The van der Waals surface area contributed by atoms with Crippen molar-refractivity contribution in [3.05, 3.63) is 64.1 Å². The number of hydrogen-bond donors (Lipinski definition) is 1. The van der Waals surface area contributed by atoms with Crippen molar-refractivity contribution in [2.75, 3.05) is 18.5 Å². The molecule has 3 nitrogen and oxygen atoms in total. The molecule has 0 aliphatic rings. The first kappa shape index (κ1) is 18.4. The monoisotopic (exact) mass is 389 g/mol. The highest BCUT2D eigenvalue weighted by Crippen LogP contribution is 2.37. The second-order valence-corrected chi connectivity index (χ2v) is 6.46. The van der Waals surface area contributed by atoms with Crippen LogP contribution in [-0.2, 0) is 6.54 Å². The number of halogens is 1. The van der Waals surface area contributed by atoms with Crippen molar-refractivity contribution in [3.8, 4) is 11.5 Å².